The van der Waals surface area contributed by atoms with Crippen molar-refractivity contribution in [3.05, 3.63) is 24.3 Å². The van der Waals surface area contributed by atoms with Gasteiger partial charge in [0.2, 0.25) is 0 Å². The normalized spacial score (nSPS) is 13.7. The number of rotatable bonds is 13. The van der Waals surface area contributed by atoms with Gasteiger partial charge in [0.15, 0.2) is 0 Å². The molecule has 0 amide bonds. The molecule has 138 valence electrons. The van der Waals surface area contributed by atoms with Crippen molar-refractivity contribution in [1.82, 2.24) is 0 Å². The lowest BCUT2D eigenvalue weighted by Gasteiger charge is -2.28. The number of nitrogens with two attached hydrogens (primary N) is 1. The zero-order chi connectivity index (χ0) is 17.8. The number of benzene rings is 1. The van der Waals surface area contributed by atoms with Crippen LogP contribution >= 0.6 is 0 Å². The molecule has 0 saturated carbocycles. The van der Waals surface area contributed by atoms with Crippen molar-refractivity contribution in [2.45, 2.75) is 79.1 Å². The fourth-order valence-corrected chi connectivity index (χ4v) is 3.20. The van der Waals surface area contributed by atoms with Crippen LogP contribution in [0.15, 0.2) is 24.3 Å². The van der Waals surface area contributed by atoms with E-state index in [0.717, 1.165) is 30.6 Å². The number of unbranched alkanes of at least 4 members (excludes halogenated alkanes) is 2. The van der Waals surface area contributed by atoms with E-state index in [0.29, 0.717) is 0 Å². The molecule has 2 N–H and O–H groups in total. The smallest absolute Gasteiger partial charge is 0.0367 e. The minimum absolute atomic E-state index is 0.818. The van der Waals surface area contributed by atoms with Gasteiger partial charge in [-0.3, -0.25) is 0 Å². The highest BCUT2D eigenvalue weighted by atomic mass is 15.1. The van der Waals surface area contributed by atoms with E-state index in [2.05, 4.69) is 44.7 Å². The predicted octanol–water partition coefficient (Wildman–Crippen LogP) is 6.51. The molecule has 0 heterocycles. The molecular formula is C22H40N2. The van der Waals surface area contributed by atoms with E-state index in [1.165, 1.54) is 57.1 Å². The molecular weight excluding hydrogens is 292 g/mol. The Bertz CT molecular complexity index is 394. The van der Waals surface area contributed by atoms with Gasteiger partial charge in [-0.15, -0.1) is 0 Å². The van der Waals surface area contributed by atoms with Gasteiger partial charge in [-0.2, -0.15) is 0 Å². The highest BCUT2D eigenvalue weighted by molar-refractivity contribution is 5.53. The minimum atomic E-state index is 0.818. The zero-order valence-electron chi connectivity index (χ0n) is 16.6. The van der Waals surface area contributed by atoms with Crippen molar-refractivity contribution < 1.29 is 0 Å². The number of nitrogens with zero attached hydrogens (tertiary/aromatic N) is 1. The van der Waals surface area contributed by atoms with E-state index in [9.17, 15) is 0 Å². The van der Waals surface area contributed by atoms with Gasteiger partial charge in [-0.1, -0.05) is 66.2 Å². The maximum atomic E-state index is 5.86. The highest BCUT2D eigenvalue weighted by Gasteiger charge is 2.11. The van der Waals surface area contributed by atoms with Crippen LogP contribution in [0, 0.1) is 11.8 Å². The Balaban J connectivity index is 2.57. The molecule has 0 saturated heterocycles. The molecule has 1 aromatic carbocycles. The molecule has 0 bridgehead atoms. The molecule has 0 radical (unpaired) electrons. The van der Waals surface area contributed by atoms with Crippen molar-refractivity contribution in [3.63, 3.8) is 0 Å². The van der Waals surface area contributed by atoms with Gasteiger partial charge in [0.05, 0.1) is 0 Å². The van der Waals surface area contributed by atoms with E-state index in [-0.39, 0.29) is 0 Å². The van der Waals surface area contributed by atoms with Crippen molar-refractivity contribution in [2.24, 2.45) is 11.8 Å². The molecule has 0 aromatic heterocycles. The van der Waals surface area contributed by atoms with E-state index in [1.54, 1.807) is 0 Å². The van der Waals surface area contributed by atoms with E-state index >= 15 is 0 Å². The second kappa shape index (κ2) is 12.2. The summed E-state index contributed by atoms with van der Waals surface area (Å²) in [6.07, 6.45) is 10.6. The third-order valence-corrected chi connectivity index (χ3v) is 5.14. The Hall–Kier alpha value is -1.18. The van der Waals surface area contributed by atoms with Gasteiger partial charge in [0.1, 0.15) is 0 Å². The first-order chi connectivity index (χ1) is 11.6. The fraction of sp³-hybridized carbons (Fsp3) is 0.727. The summed E-state index contributed by atoms with van der Waals surface area (Å²) < 4.78 is 0. The molecule has 2 heteroatoms. The summed E-state index contributed by atoms with van der Waals surface area (Å²) in [5.74, 6) is 1.64. The average molecular weight is 333 g/mol. The fourth-order valence-electron chi connectivity index (χ4n) is 3.20. The molecule has 2 nitrogen and oxygen atoms in total. The molecule has 0 aliphatic rings. The summed E-state index contributed by atoms with van der Waals surface area (Å²) >= 11 is 0. The van der Waals surface area contributed by atoms with Crippen LogP contribution in [0.3, 0.4) is 0 Å². The van der Waals surface area contributed by atoms with E-state index in [1.807, 2.05) is 12.1 Å². The van der Waals surface area contributed by atoms with Gasteiger partial charge in [-0.25, -0.2) is 0 Å². The lowest BCUT2D eigenvalue weighted by atomic mass is 9.99. The standard InChI is InChI=1S/C22H40N2/c1-5-7-9-19(3)15-17-24(18-16-20(4)10-8-6-2)22-13-11-21(23)12-14-22/h11-14,19-20H,5-10,15-18,23H2,1-4H3/t19-,20-/m1/s1. The van der Waals surface area contributed by atoms with Crippen molar-refractivity contribution >= 4 is 11.4 Å². The maximum Gasteiger partial charge on any atom is 0.0367 e. The Labute approximate surface area is 150 Å². The van der Waals surface area contributed by atoms with Crippen LogP contribution in [0.25, 0.3) is 0 Å². The number of hydrogen-bond acceptors (Lipinski definition) is 2. The number of anilines is 2. The van der Waals surface area contributed by atoms with Crippen LogP contribution in [-0.4, -0.2) is 13.1 Å². The Kier molecular flexibility index (Phi) is 10.6. The Morgan fingerprint density at radius 2 is 1.25 bits per heavy atom. The van der Waals surface area contributed by atoms with Crippen LogP contribution < -0.4 is 10.6 Å². The third kappa shape index (κ3) is 8.61. The van der Waals surface area contributed by atoms with Crippen molar-refractivity contribution in [3.8, 4) is 0 Å². The average Bonchev–Trinajstić information content (AvgIpc) is 2.59. The van der Waals surface area contributed by atoms with E-state index in [4.69, 9.17) is 5.73 Å². The summed E-state index contributed by atoms with van der Waals surface area (Å²) in [5, 5.41) is 0. The molecule has 0 aliphatic heterocycles. The molecule has 24 heavy (non-hydrogen) atoms. The number of nitrogen functional groups attached to an aromatic ring is 1. The van der Waals surface area contributed by atoms with Crippen LogP contribution in [-0.2, 0) is 0 Å². The lowest BCUT2D eigenvalue weighted by Crippen LogP contribution is -2.28. The second-order valence-corrected chi connectivity index (χ2v) is 7.65. The van der Waals surface area contributed by atoms with Gasteiger partial charge < -0.3 is 10.6 Å². The van der Waals surface area contributed by atoms with Gasteiger partial charge in [0, 0.05) is 24.5 Å². The summed E-state index contributed by atoms with van der Waals surface area (Å²) in [7, 11) is 0. The predicted molar refractivity (Wildman–Crippen MR) is 110 cm³/mol. The zero-order valence-corrected chi connectivity index (χ0v) is 16.6. The monoisotopic (exact) mass is 332 g/mol. The Morgan fingerprint density at radius 3 is 1.67 bits per heavy atom. The van der Waals surface area contributed by atoms with Crippen molar-refractivity contribution in [2.75, 3.05) is 23.7 Å². The third-order valence-electron chi connectivity index (χ3n) is 5.14. The summed E-state index contributed by atoms with van der Waals surface area (Å²) in [6.45, 7) is 11.7. The van der Waals surface area contributed by atoms with Crippen LogP contribution in [0.5, 0.6) is 0 Å². The van der Waals surface area contributed by atoms with Crippen LogP contribution in [0.4, 0.5) is 11.4 Å². The first-order valence-electron chi connectivity index (χ1n) is 10.2. The summed E-state index contributed by atoms with van der Waals surface area (Å²) in [6, 6.07) is 8.43. The first kappa shape index (κ1) is 20.9. The molecule has 2 atom stereocenters. The largest absolute Gasteiger partial charge is 0.399 e. The summed E-state index contributed by atoms with van der Waals surface area (Å²) in [4.78, 5) is 2.57. The van der Waals surface area contributed by atoms with E-state index < -0.39 is 0 Å². The van der Waals surface area contributed by atoms with Gasteiger partial charge in [0.25, 0.3) is 0 Å². The lowest BCUT2D eigenvalue weighted by molar-refractivity contribution is 0.446. The molecule has 1 rings (SSSR count). The van der Waals surface area contributed by atoms with Gasteiger partial charge >= 0.3 is 0 Å². The first-order valence-corrected chi connectivity index (χ1v) is 10.2. The van der Waals surface area contributed by atoms with Crippen molar-refractivity contribution in [1.29, 1.82) is 0 Å². The molecule has 0 unspecified atom stereocenters. The Morgan fingerprint density at radius 1 is 0.792 bits per heavy atom. The van der Waals surface area contributed by atoms with Gasteiger partial charge in [-0.05, 0) is 48.9 Å². The van der Waals surface area contributed by atoms with Crippen LogP contribution in [0.2, 0.25) is 0 Å². The second-order valence-electron chi connectivity index (χ2n) is 7.65. The molecule has 0 aliphatic carbocycles. The molecule has 0 fully saturated rings. The molecule has 1 aromatic rings. The highest BCUT2D eigenvalue weighted by Crippen LogP contribution is 2.21. The number of hydrogen-bond donors (Lipinski definition) is 1. The SMILES string of the molecule is CCCC[C@@H](C)CCN(CC[C@H](C)CCCC)c1ccc(N)cc1. The maximum absolute atomic E-state index is 5.86. The quantitative estimate of drug-likeness (QED) is 0.417. The summed E-state index contributed by atoms with van der Waals surface area (Å²) in [5.41, 5.74) is 8.04. The molecule has 0 spiro atoms. The minimum Gasteiger partial charge on any atom is -0.399 e. The van der Waals surface area contributed by atoms with Crippen LogP contribution in [0.1, 0.15) is 79.1 Å². The topological polar surface area (TPSA) is 29.3 Å².